The first-order valence-electron chi connectivity index (χ1n) is 12.9. The van der Waals surface area contributed by atoms with Gasteiger partial charge in [0.15, 0.2) is 11.6 Å². The number of hydrogen-bond acceptors (Lipinski definition) is 3. The van der Waals surface area contributed by atoms with Gasteiger partial charge in [0, 0.05) is 31.5 Å². The van der Waals surface area contributed by atoms with Crippen molar-refractivity contribution >= 4 is 11.9 Å². The molecule has 0 N–H and O–H groups in total. The molecule has 0 saturated heterocycles. The Morgan fingerprint density at radius 2 is 1.37 bits per heavy atom. The largest absolute Gasteiger partial charge is 0.424 e. The van der Waals surface area contributed by atoms with Gasteiger partial charge < -0.3 is 9.64 Å². The first kappa shape index (κ1) is 26.8. The highest BCUT2D eigenvalue weighted by Gasteiger charge is 2.20. The first-order chi connectivity index (χ1) is 18.5. The summed E-state index contributed by atoms with van der Waals surface area (Å²) >= 11 is 0. The Morgan fingerprint density at radius 1 is 0.789 bits per heavy atom. The van der Waals surface area contributed by atoms with Crippen molar-refractivity contribution in [2.45, 2.75) is 32.1 Å². The van der Waals surface area contributed by atoms with Gasteiger partial charge in [-0.3, -0.25) is 9.59 Å². The Balaban J connectivity index is 1.50. The van der Waals surface area contributed by atoms with E-state index in [1.165, 1.54) is 24.1 Å². The van der Waals surface area contributed by atoms with Crippen molar-refractivity contribution in [1.82, 2.24) is 4.90 Å². The zero-order chi connectivity index (χ0) is 26.7. The highest BCUT2D eigenvalue weighted by Crippen LogP contribution is 2.28. The van der Waals surface area contributed by atoms with Gasteiger partial charge in [-0.1, -0.05) is 84.9 Å². The van der Waals surface area contributed by atoms with Gasteiger partial charge >= 0.3 is 5.97 Å². The van der Waals surface area contributed by atoms with Crippen LogP contribution in [0.4, 0.5) is 4.39 Å². The molecule has 0 radical (unpaired) electrons. The van der Waals surface area contributed by atoms with E-state index >= 15 is 0 Å². The molecule has 1 amide bonds. The Kier molecular flexibility index (Phi) is 9.41. The Bertz CT molecular complexity index is 1290. The van der Waals surface area contributed by atoms with Gasteiger partial charge in [0.2, 0.25) is 0 Å². The fourth-order valence-corrected chi connectivity index (χ4v) is 4.67. The number of amides is 1. The van der Waals surface area contributed by atoms with Crippen LogP contribution < -0.4 is 4.74 Å². The zero-order valence-corrected chi connectivity index (χ0v) is 21.6. The van der Waals surface area contributed by atoms with Crippen molar-refractivity contribution in [3.63, 3.8) is 0 Å². The first-order valence-corrected chi connectivity index (χ1v) is 12.9. The molecule has 0 aliphatic heterocycles. The van der Waals surface area contributed by atoms with Gasteiger partial charge in [0.1, 0.15) is 0 Å². The number of benzene rings is 4. The summed E-state index contributed by atoms with van der Waals surface area (Å²) in [5.41, 5.74) is 3.94. The van der Waals surface area contributed by atoms with Gasteiger partial charge in [-0.05, 0) is 60.2 Å². The molecule has 0 heterocycles. The topological polar surface area (TPSA) is 46.6 Å². The van der Waals surface area contributed by atoms with Gasteiger partial charge in [0.05, 0.1) is 0 Å². The van der Waals surface area contributed by atoms with Crippen LogP contribution in [-0.2, 0) is 11.2 Å². The quantitative estimate of drug-likeness (QED) is 0.161. The van der Waals surface area contributed by atoms with Gasteiger partial charge in [-0.2, -0.15) is 0 Å². The molecule has 38 heavy (non-hydrogen) atoms. The summed E-state index contributed by atoms with van der Waals surface area (Å²) in [7, 11) is 0. The van der Waals surface area contributed by atoms with Crippen LogP contribution in [0.3, 0.4) is 0 Å². The van der Waals surface area contributed by atoms with Crippen molar-refractivity contribution in [3.8, 4) is 5.75 Å². The molecule has 0 atom stereocenters. The van der Waals surface area contributed by atoms with Gasteiger partial charge in [0.25, 0.3) is 5.91 Å². The lowest BCUT2D eigenvalue weighted by Crippen LogP contribution is -2.34. The molecule has 0 fully saturated rings. The molecule has 0 saturated carbocycles. The van der Waals surface area contributed by atoms with Crippen LogP contribution in [0.2, 0.25) is 0 Å². The molecule has 194 valence electrons. The molecule has 5 heteroatoms. The van der Waals surface area contributed by atoms with E-state index in [9.17, 15) is 14.0 Å². The average molecular weight is 510 g/mol. The maximum Gasteiger partial charge on any atom is 0.308 e. The lowest BCUT2D eigenvalue weighted by molar-refractivity contribution is -0.132. The molecule has 0 aliphatic carbocycles. The third kappa shape index (κ3) is 7.39. The minimum Gasteiger partial charge on any atom is -0.424 e. The molecular weight excluding hydrogens is 477 g/mol. The Labute approximate surface area is 223 Å². The summed E-state index contributed by atoms with van der Waals surface area (Å²) in [6.07, 6.45) is 2.08. The van der Waals surface area contributed by atoms with Crippen LogP contribution in [0.1, 0.15) is 52.7 Å². The second kappa shape index (κ2) is 13.3. The molecule has 0 bridgehead atoms. The third-order valence-corrected chi connectivity index (χ3v) is 6.54. The van der Waals surface area contributed by atoms with E-state index in [-0.39, 0.29) is 17.6 Å². The van der Waals surface area contributed by atoms with Crippen LogP contribution in [0.15, 0.2) is 109 Å². The molecule has 0 spiro atoms. The maximum atomic E-state index is 14.0. The van der Waals surface area contributed by atoms with E-state index < -0.39 is 11.8 Å². The zero-order valence-electron chi connectivity index (χ0n) is 21.6. The molecular formula is C33H32FNO3. The average Bonchev–Trinajstić information content (AvgIpc) is 2.95. The van der Waals surface area contributed by atoms with Crippen molar-refractivity contribution in [1.29, 1.82) is 0 Å². The van der Waals surface area contributed by atoms with E-state index in [0.29, 0.717) is 31.5 Å². The molecule has 0 unspecified atom stereocenters. The summed E-state index contributed by atoms with van der Waals surface area (Å²) in [6.45, 7) is 2.38. The molecule has 4 aromatic rings. The minimum atomic E-state index is -0.572. The summed E-state index contributed by atoms with van der Waals surface area (Å²) in [4.78, 5) is 26.7. The Hall–Kier alpha value is -4.25. The number of esters is 1. The number of ether oxygens (including phenoxy) is 1. The normalized spacial score (nSPS) is 10.8. The van der Waals surface area contributed by atoms with Crippen molar-refractivity contribution in [2.24, 2.45) is 0 Å². The summed E-state index contributed by atoms with van der Waals surface area (Å²) in [6, 6.07) is 34.6. The number of aryl methyl sites for hydroxylation is 1. The fraction of sp³-hybridized carbons (Fsp3) is 0.212. The lowest BCUT2D eigenvalue weighted by Gasteiger charge is -2.26. The SMILES string of the molecule is CC(=O)Oc1cc(CCCN(CCC(c2ccccc2)c2ccccc2)C(=O)c2ccccc2)ccc1F. The molecule has 4 nitrogen and oxygen atoms in total. The van der Waals surface area contributed by atoms with E-state index in [2.05, 4.69) is 24.3 Å². The number of nitrogens with zero attached hydrogens (tertiary/aromatic N) is 1. The predicted octanol–water partition coefficient (Wildman–Crippen LogP) is 7.05. The molecule has 4 rings (SSSR count). The third-order valence-electron chi connectivity index (χ3n) is 6.54. The van der Waals surface area contributed by atoms with E-state index in [0.717, 1.165) is 12.0 Å². The predicted molar refractivity (Wildman–Crippen MR) is 148 cm³/mol. The van der Waals surface area contributed by atoms with E-state index in [4.69, 9.17) is 4.74 Å². The number of rotatable bonds is 11. The number of carbonyl (C=O) groups excluding carboxylic acids is 2. The van der Waals surface area contributed by atoms with E-state index in [1.54, 1.807) is 12.1 Å². The fourth-order valence-electron chi connectivity index (χ4n) is 4.67. The maximum absolute atomic E-state index is 14.0. The molecule has 0 aromatic heterocycles. The van der Waals surface area contributed by atoms with Crippen molar-refractivity contribution in [3.05, 3.63) is 137 Å². The monoisotopic (exact) mass is 509 g/mol. The standard InChI is InChI=1S/C33H32FNO3/c1-25(36)38-32-24-26(19-20-31(32)34)12-11-22-35(33(37)29-17-9-4-10-18-29)23-21-30(27-13-5-2-6-14-27)28-15-7-3-8-16-28/h2-10,13-20,24,30H,11-12,21-23H2,1H3. The lowest BCUT2D eigenvalue weighted by atomic mass is 9.88. The van der Waals surface area contributed by atoms with E-state index in [1.807, 2.05) is 71.6 Å². The van der Waals surface area contributed by atoms with Crippen LogP contribution in [0, 0.1) is 5.82 Å². The summed E-state index contributed by atoms with van der Waals surface area (Å²) < 4.78 is 19.0. The number of hydrogen-bond donors (Lipinski definition) is 0. The minimum absolute atomic E-state index is 0.00909. The van der Waals surface area contributed by atoms with Crippen LogP contribution in [-0.4, -0.2) is 29.9 Å². The van der Waals surface area contributed by atoms with Gasteiger partial charge in [-0.25, -0.2) is 4.39 Å². The number of carbonyl (C=O) groups is 2. The van der Waals surface area contributed by atoms with Crippen molar-refractivity contribution in [2.75, 3.05) is 13.1 Å². The molecule has 4 aromatic carbocycles. The second-order valence-corrected chi connectivity index (χ2v) is 9.28. The van der Waals surface area contributed by atoms with Crippen LogP contribution in [0.25, 0.3) is 0 Å². The Morgan fingerprint density at radius 3 is 1.95 bits per heavy atom. The summed E-state index contributed by atoms with van der Waals surface area (Å²) in [5, 5.41) is 0. The highest BCUT2D eigenvalue weighted by molar-refractivity contribution is 5.94. The van der Waals surface area contributed by atoms with Crippen LogP contribution in [0.5, 0.6) is 5.75 Å². The summed E-state index contributed by atoms with van der Waals surface area (Å²) in [5.74, 6) is -1.05. The number of halogens is 1. The van der Waals surface area contributed by atoms with Crippen molar-refractivity contribution < 1.29 is 18.7 Å². The second-order valence-electron chi connectivity index (χ2n) is 9.28. The van der Waals surface area contributed by atoms with Crippen LogP contribution >= 0.6 is 0 Å². The molecule has 0 aliphatic rings. The van der Waals surface area contributed by atoms with Gasteiger partial charge in [-0.15, -0.1) is 0 Å². The smallest absolute Gasteiger partial charge is 0.308 e. The highest BCUT2D eigenvalue weighted by atomic mass is 19.1.